The summed E-state index contributed by atoms with van der Waals surface area (Å²) in [6, 6.07) is 8.27. The van der Waals surface area contributed by atoms with Gasteiger partial charge in [-0.3, -0.25) is 4.79 Å². The van der Waals surface area contributed by atoms with E-state index < -0.39 is 23.4 Å². The van der Waals surface area contributed by atoms with E-state index in [1.165, 1.54) is 30.3 Å². The van der Waals surface area contributed by atoms with Gasteiger partial charge in [-0.05, 0) is 42.5 Å². The molecule has 1 N–H and O–H groups in total. The predicted octanol–water partition coefficient (Wildman–Crippen LogP) is 4.01. The van der Waals surface area contributed by atoms with E-state index in [0.29, 0.717) is 5.69 Å². The monoisotopic (exact) mass is 318 g/mol. The Balaban J connectivity index is 1.89. The lowest BCUT2D eigenvalue weighted by molar-refractivity contribution is 0.102. The van der Waals surface area contributed by atoms with Gasteiger partial charge in [0, 0.05) is 11.3 Å². The van der Waals surface area contributed by atoms with Crippen molar-refractivity contribution in [2.24, 2.45) is 0 Å². The minimum Gasteiger partial charge on any atom is -0.355 e. The van der Waals surface area contributed by atoms with Gasteiger partial charge >= 0.3 is 0 Å². The van der Waals surface area contributed by atoms with Crippen molar-refractivity contribution in [1.82, 2.24) is 5.16 Å². The number of nitrogens with zero attached hydrogens (tertiary/aromatic N) is 1. The lowest BCUT2D eigenvalue weighted by atomic mass is 10.1. The van der Waals surface area contributed by atoms with Crippen molar-refractivity contribution in [3.63, 3.8) is 0 Å². The average Bonchev–Trinajstić information content (AvgIpc) is 3.02. The first kappa shape index (κ1) is 14.8. The van der Waals surface area contributed by atoms with Crippen molar-refractivity contribution in [2.75, 3.05) is 5.32 Å². The molecule has 0 radical (unpaired) electrons. The van der Waals surface area contributed by atoms with Gasteiger partial charge < -0.3 is 9.84 Å². The molecule has 1 aromatic heterocycles. The molecule has 7 heteroatoms. The van der Waals surface area contributed by atoms with Gasteiger partial charge in [-0.1, -0.05) is 5.16 Å². The molecule has 116 valence electrons. The summed E-state index contributed by atoms with van der Waals surface area (Å²) in [6.07, 6.45) is 1.16. The first-order valence-corrected chi connectivity index (χ1v) is 6.51. The van der Waals surface area contributed by atoms with Crippen LogP contribution in [0.4, 0.5) is 18.9 Å². The number of nitrogens with one attached hydrogen (secondary N) is 1. The van der Waals surface area contributed by atoms with Crippen molar-refractivity contribution in [2.45, 2.75) is 0 Å². The van der Waals surface area contributed by atoms with Crippen LogP contribution < -0.4 is 5.32 Å². The maximum atomic E-state index is 13.3. The molecule has 0 unspecified atom stereocenters. The number of amides is 1. The molecule has 4 nitrogen and oxygen atoms in total. The van der Waals surface area contributed by atoms with Crippen LogP contribution >= 0.6 is 0 Å². The van der Waals surface area contributed by atoms with Gasteiger partial charge in [0.25, 0.3) is 5.91 Å². The molecule has 0 aliphatic carbocycles. The molecule has 0 spiro atoms. The fraction of sp³-hybridized carbons (Fsp3) is 0. The molecule has 23 heavy (non-hydrogen) atoms. The third kappa shape index (κ3) is 3.08. The van der Waals surface area contributed by atoms with E-state index in [1.54, 1.807) is 0 Å². The smallest absolute Gasteiger partial charge is 0.261 e. The molecule has 3 aromatic rings. The van der Waals surface area contributed by atoms with Crippen molar-refractivity contribution in [3.05, 3.63) is 71.7 Å². The summed E-state index contributed by atoms with van der Waals surface area (Å²) in [5.74, 6) is -3.08. The highest BCUT2D eigenvalue weighted by Gasteiger charge is 2.19. The Labute approximate surface area is 128 Å². The zero-order chi connectivity index (χ0) is 16.4. The number of hydrogen-bond donors (Lipinski definition) is 1. The summed E-state index contributed by atoms with van der Waals surface area (Å²) < 4.78 is 44.1. The van der Waals surface area contributed by atoms with Crippen LogP contribution in [0.3, 0.4) is 0 Å². The van der Waals surface area contributed by atoms with Crippen LogP contribution in [0.5, 0.6) is 0 Å². The number of rotatable bonds is 3. The lowest BCUT2D eigenvalue weighted by Gasteiger charge is -2.05. The van der Waals surface area contributed by atoms with Gasteiger partial charge in [-0.15, -0.1) is 0 Å². The normalized spacial score (nSPS) is 10.6. The standard InChI is InChI=1S/C16H9F3N2O2/c17-10-2-4-11(5-3-10)21-16(22)12-8-20-23-15(12)9-1-6-13(18)14(19)7-9/h1-8H,(H,21,22). The summed E-state index contributed by atoms with van der Waals surface area (Å²) >= 11 is 0. The molecular formula is C16H9F3N2O2. The van der Waals surface area contributed by atoms with Crippen LogP contribution in [0.1, 0.15) is 10.4 Å². The first-order chi connectivity index (χ1) is 11.0. The fourth-order valence-corrected chi connectivity index (χ4v) is 1.98. The zero-order valence-electron chi connectivity index (χ0n) is 11.5. The maximum Gasteiger partial charge on any atom is 0.261 e. The highest BCUT2D eigenvalue weighted by molar-refractivity contribution is 6.07. The lowest BCUT2D eigenvalue weighted by Crippen LogP contribution is -2.12. The van der Waals surface area contributed by atoms with E-state index in [0.717, 1.165) is 18.3 Å². The molecule has 1 amide bonds. The van der Waals surface area contributed by atoms with E-state index in [9.17, 15) is 18.0 Å². The van der Waals surface area contributed by atoms with Crippen LogP contribution in [-0.2, 0) is 0 Å². The SMILES string of the molecule is O=C(Nc1ccc(F)cc1)c1cnoc1-c1ccc(F)c(F)c1. The largest absolute Gasteiger partial charge is 0.355 e. The molecule has 0 fully saturated rings. The second-order valence-corrected chi connectivity index (χ2v) is 4.66. The van der Waals surface area contributed by atoms with Crippen LogP contribution in [0.2, 0.25) is 0 Å². The number of hydrogen-bond acceptors (Lipinski definition) is 3. The van der Waals surface area contributed by atoms with Crippen molar-refractivity contribution in [3.8, 4) is 11.3 Å². The summed E-state index contributed by atoms with van der Waals surface area (Å²) in [5, 5.41) is 6.05. The van der Waals surface area contributed by atoms with Crippen LogP contribution in [0, 0.1) is 17.5 Å². The number of benzene rings is 2. The Morgan fingerprint density at radius 2 is 1.74 bits per heavy atom. The number of anilines is 1. The van der Waals surface area contributed by atoms with Crippen LogP contribution in [-0.4, -0.2) is 11.1 Å². The Bertz CT molecular complexity index is 860. The van der Waals surface area contributed by atoms with Gasteiger partial charge in [0.05, 0.1) is 6.20 Å². The predicted molar refractivity (Wildman–Crippen MR) is 76.2 cm³/mol. The average molecular weight is 318 g/mol. The van der Waals surface area contributed by atoms with Gasteiger partial charge in [0.2, 0.25) is 0 Å². The zero-order valence-corrected chi connectivity index (χ0v) is 11.5. The Morgan fingerprint density at radius 3 is 2.43 bits per heavy atom. The second-order valence-electron chi connectivity index (χ2n) is 4.66. The van der Waals surface area contributed by atoms with Gasteiger partial charge in [-0.25, -0.2) is 13.2 Å². The van der Waals surface area contributed by atoms with Crippen LogP contribution in [0.25, 0.3) is 11.3 Å². The number of aromatic nitrogens is 1. The molecule has 0 saturated carbocycles. The molecule has 1 heterocycles. The summed E-state index contributed by atoms with van der Waals surface area (Å²) in [7, 11) is 0. The highest BCUT2D eigenvalue weighted by Crippen LogP contribution is 2.26. The minimum atomic E-state index is -1.07. The van der Waals surface area contributed by atoms with E-state index >= 15 is 0 Å². The fourth-order valence-electron chi connectivity index (χ4n) is 1.98. The van der Waals surface area contributed by atoms with Crippen molar-refractivity contribution in [1.29, 1.82) is 0 Å². The van der Waals surface area contributed by atoms with Gasteiger partial charge in [0.1, 0.15) is 11.4 Å². The minimum absolute atomic E-state index is 0.00325. The molecular weight excluding hydrogens is 309 g/mol. The van der Waals surface area contributed by atoms with Gasteiger partial charge in [0.15, 0.2) is 17.4 Å². The molecule has 0 bridgehead atoms. The summed E-state index contributed by atoms with van der Waals surface area (Å²) in [6.45, 7) is 0. The Morgan fingerprint density at radius 1 is 1.00 bits per heavy atom. The topological polar surface area (TPSA) is 55.1 Å². The summed E-state index contributed by atoms with van der Waals surface area (Å²) in [5.41, 5.74) is 0.583. The van der Waals surface area contributed by atoms with E-state index in [-0.39, 0.29) is 16.9 Å². The number of carbonyl (C=O) groups is 1. The second kappa shape index (κ2) is 5.96. The van der Waals surface area contributed by atoms with Crippen molar-refractivity contribution >= 4 is 11.6 Å². The molecule has 2 aromatic carbocycles. The molecule has 0 aliphatic rings. The highest BCUT2D eigenvalue weighted by atomic mass is 19.2. The molecule has 0 saturated heterocycles. The maximum absolute atomic E-state index is 13.3. The molecule has 3 rings (SSSR count). The van der Waals surface area contributed by atoms with E-state index in [2.05, 4.69) is 10.5 Å². The van der Waals surface area contributed by atoms with Gasteiger partial charge in [-0.2, -0.15) is 0 Å². The number of halogens is 3. The third-order valence-electron chi connectivity index (χ3n) is 3.10. The van der Waals surface area contributed by atoms with Crippen molar-refractivity contribution < 1.29 is 22.5 Å². The van der Waals surface area contributed by atoms with E-state index in [1.807, 2.05) is 0 Å². The molecule has 0 atom stereocenters. The molecule has 0 aliphatic heterocycles. The first-order valence-electron chi connectivity index (χ1n) is 6.51. The van der Waals surface area contributed by atoms with Crippen LogP contribution in [0.15, 0.2) is 53.2 Å². The number of carbonyl (C=O) groups excluding carboxylic acids is 1. The third-order valence-corrected chi connectivity index (χ3v) is 3.10. The van der Waals surface area contributed by atoms with E-state index in [4.69, 9.17) is 4.52 Å². The quantitative estimate of drug-likeness (QED) is 0.794. The Kier molecular flexibility index (Phi) is 3.84. The summed E-state index contributed by atoms with van der Waals surface area (Å²) in [4.78, 5) is 12.2. The Hall–Kier alpha value is -3.09.